The highest BCUT2D eigenvalue weighted by Crippen LogP contribution is 1.95. The van der Waals surface area contributed by atoms with Crippen LogP contribution in [0.4, 0.5) is 10.6 Å². The van der Waals surface area contributed by atoms with Crippen LogP contribution in [-0.2, 0) is 0 Å². The van der Waals surface area contributed by atoms with Gasteiger partial charge in [0.05, 0.1) is 0 Å². The predicted octanol–water partition coefficient (Wildman–Crippen LogP) is -0.768. The summed E-state index contributed by atoms with van der Waals surface area (Å²) in [6.45, 7) is 0. The van der Waals surface area contributed by atoms with Gasteiger partial charge in [0.25, 0.3) is 0 Å². The summed E-state index contributed by atoms with van der Waals surface area (Å²) in [4.78, 5) is 9.88. The van der Waals surface area contributed by atoms with Gasteiger partial charge in [0.1, 0.15) is 6.09 Å². The Labute approximate surface area is 56.7 Å². The minimum atomic E-state index is -1.39. The SMILES string of the molecule is O=C([O-])Nc1cccnn1. The summed E-state index contributed by atoms with van der Waals surface area (Å²) in [5, 5.41) is 18.7. The second-order valence-electron chi connectivity index (χ2n) is 1.52. The van der Waals surface area contributed by atoms with E-state index in [4.69, 9.17) is 0 Å². The highest BCUT2D eigenvalue weighted by Gasteiger charge is 1.88. The molecule has 0 radical (unpaired) electrons. The Bertz CT molecular complexity index is 224. The Morgan fingerprint density at radius 2 is 2.50 bits per heavy atom. The lowest BCUT2D eigenvalue weighted by atomic mass is 10.5. The molecule has 0 saturated heterocycles. The molecule has 1 heterocycles. The van der Waals surface area contributed by atoms with Crippen molar-refractivity contribution in [1.82, 2.24) is 10.2 Å². The van der Waals surface area contributed by atoms with Crippen LogP contribution in [-0.4, -0.2) is 16.3 Å². The van der Waals surface area contributed by atoms with E-state index in [1.54, 1.807) is 6.07 Å². The third-order valence-electron chi connectivity index (χ3n) is 0.802. The molecule has 0 aliphatic carbocycles. The van der Waals surface area contributed by atoms with Gasteiger partial charge < -0.3 is 15.2 Å². The maximum Gasteiger partial charge on any atom is 0.153 e. The molecule has 0 aromatic carbocycles. The van der Waals surface area contributed by atoms with E-state index in [1.807, 2.05) is 5.32 Å². The zero-order chi connectivity index (χ0) is 7.40. The van der Waals surface area contributed by atoms with Crippen molar-refractivity contribution in [2.24, 2.45) is 0 Å². The lowest BCUT2D eigenvalue weighted by Crippen LogP contribution is -2.29. The average molecular weight is 138 g/mol. The lowest BCUT2D eigenvalue weighted by Gasteiger charge is -2.01. The summed E-state index contributed by atoms with van der Waals surface area (Å²) in [5.41, 5.74) is 0. The van der Waals surface area contributed by atoms with Crippen molar-refractivity contribution in [2.75, 3.05) is 5.32 Å². The van der Waals surface area contributed by atoms with Gasteiger partial charge in [-0.05, 0) is 12.1 Å². The van der Waals surface area contributed by atoms with Crippen LogP contribution in [0.3, 0.4) is 0 Å². The first-order valence-corrected chi connectivity index (χ1v) is 2.55. The molecule has 10 heavy (non-hydrogen) atoms. The largest absolute Gasteiger partial charge is 0.530 e. The molecular formula is C5H4N3O2-. The summed E-state index contributed by atoms with van der Waals surface area (Å²) in [6, 6.07) is 3.04. The van der Waals surface area contributed by atoms with Gasteiger partial charge in [0.15, 0.2) is 5.82 Å². The fourth-order valence-corrected chi connectivity index (χ4v) is 0.473. The van der Waals surface area contributed by atoms with Crippen molar-refractivity contribution >= 4 is 11.9 Å². The normalized spacial score (nSPS) is 8.80. The van der Waals surface area contributed by atoms with E-state index in [2.05, 4.69) is 10.2 Å². The molecule has 0 saturated carbocycles. The molecule has 0 unspecified atom stereocenters. The van der Waals surface area contributed by atoms with E-state index in [0.29, 0.717) is 0 Å². The van der Waals surface area contributed by atoms with E-state index in [9.17, 15) is 9.90 Å². The van der Waals surface area contributed by atoms with E-state index in [1.165, 1.54) is 12.3 Å². The van der Waals surface area contributed by atoms with Crippen LogP contribution in [0.25, 0.3) is 0 Å². The van der Waals surface area contributed by atoms with Crippen molar-refractivity contribution in [3.63, 3.8) is 0 Å². The fraction of sp³-hybridized carbons (Fsp3) is 0. The van der Waals surface area contributed by atoms with Crippen LogP contribution < -0.4 is 10.4 Å². The molecule has 0 spiro atoms. The number of hydrogen-bond acceptors (Lipinski definition) is 4. The molecule has 0 fully saturated rings. The molecule has 1 rings (SSSR count). The van der Waals surface area contributed by atoms with Crippen molar-refractivity contribution in [1.29, 1.82) is 0 Å². The Kier molecular flexibility index (Phi) is 1.79. The van der Waals surface area contributed by atoms with Crippen LogP contribution >= 0.6 is 0 Å². The van der Waals surface area contributed by atoms with E-state index in [0.717, 1.165) is 0 Å². The fourth-order valence-electron chi connectivity index (χ4n) is 0.473. The molecule has 0 atom stereocenters. The summed E-state index contributed by atoms with van der Waals surface area (Å²) >= 11 is 0. The van der Waals surface area contributed by atoms with Crippen molar-refractivity contribution in [2.45, 2.75) is 0 Å². The van der Waals surface area contributed by atoms with Crippen molar-refractivity contribution in [3.8, 4) is 0 Å². The first-order valence-electron chi connectivity index (χ1n) is 2.55. The standard InChI is InChI=1S/C5H5N3O2/c9-5(10)7-4-2-1-3-6-8-4/h1-3H,(H,7,8)(H,9,10)/p-1. The van der Waals surface area contributed by atoms with E-state index < -0.39 is 6.09 Å². The molecule has 0 bridgehead atoms. The molecule has 0 aliphatic heterocycles. The number of aromatic nitrogens is 2. The van der Waals surface area contributed by atoms with E-state index in [-0.39, 0.29) is 5.82 Å². The molecule has 1 amide bonds. The van der Waals surface area contributed by atoms with Crippen LogP contribution in [0.1, 0.15) is 0 Å². The van der Waals surface area contributed by atoms with Gasteiger partial charge in [-0.2, -0.15) is 5.10 Å². The third-order valence-corrected chi connectivity index (χ3v) is 0.802. The summed E-state index contributed by atoms with van der Waals surface area (Å²) in [7, 11) is 0. The van der Waals surface area contributed by atoms with Gasteiger partial charge in [-0.3, -0.25) is 0 Å². The molecule has 1 aromatic rings. The summed E-state index contributed by atoms with van der Waals surface area (Å²) < 4.78 is 0. The molecular weight excluding hydrogens is 134 g/mol. The van der Waals surface area contributed by atoms with Crippen molar-refractivity contribution in [3.05, 3.63) is 18.3 Å². The first-order chi connectivity index (χ1) is 4.79. The number of nitrogens with zero attached hydrogens (tertiary/aromatic N) is 2. The quantitative estimate of drug-likeness (QED) is 0.552. The smallest absolute Gasteiger partial charge is 0.153 e. The van der Waals surface area contributed by atoms with E-state index >= 15 is 0 Å². The first kappa shape index (κ1) is 6.47. The highest BCUT2D eigenvalue weighted by atomic mass is 16.4. The van der Waals surface area contributed by atoms with Gasteiger partial charge >= 0.3 is 0 Å². The minimum Gasteiger partial charge on any atom is -0.530 e. The molecule has 1 N–H and O–H groups in total. The average Bonchev–Trinajstić information content (AvgIpc) is 1.88. The predicted molar refractivity (Wildman–Crippen MR) is 31.1 cm³/mol. The number of rotatable bonds is 1. The maximum absolute atomic E-state index is 9.88. The molecule has 5 heteroatoms. The van der Waals surface area contributed by atoms with Crippen LogP contribution in [0.5, 0.6) is 0 Å². The Morgan fingerprint density at radius 3 is 3.00 bits per heavy atom. The maximum atomic E-state index is 9.88. The van der Waals surface area contributed by atoms with Crippen LogP contribution in [0.15, 0.2) is 18.3 Å². The Hall–Kier alpha value is -1.65. The molecule has 1 aromatic heterocycles. The number of carbonyl (C=O) groups is 1. The number of carbonyl (C=O) groups excluding carboxylic acids is 1. The monoisotopic (exact) mass is 138 g/mol. The zero-order valence-electron chi connectivity index (χ0n) is 4.94. The van der Waals surface area contributed by atoms with Crippen LogP contribution in [0, 0.1) is 0 Å². The number of nitrogens with one attached hydrogen (secondary N) is 1. The molecule has 52 valence electrons. The topological polar surface area (TPSA) is 77.9 Å². The van der Waals surface area contributed by atoms with Gasteiger partial charge in [0, 0.05) is 6.20 Å². The van der Waals surface area contributed by atoms with Gasteiger partial charge in [0.2, 0.25) is 0 Å². The summed E-state index contributed by atoms with van der Waals surface area (Å²) in [5.74, 6) is 0.169. The second-order valence-corrected chi connectivity index (χ2v) is 1.52. The number of anilines is 1. The van der Waals surface area contributed by atoms with Crippen LogP contribution in [0.2, 0.25) is 0 Å². The number of carboxylic acid groups (broad SMARTS) is 1. The summed E-state index contributed by atoms with van der Waals surface area (Å²) in [6.07, 6.45) is 0.0565. The third kappa shape index (κ3) is 1.70. The number of hydrogen-bond donors (Lipinski definition) is 1. The van der Waals surface area contributed by atoms with Gasteiger partial charge in [-0.25, -0.2) is 0 Å². The molecule has 5 nitrogen and oxygen atoms in total. The zero-order valence-corrected chi connectivity index (χ0v) is 4.94. The number of amides is 1. The highest BCUT2D eigenvalue weighted by molar-refractivity contribution is 5.79. The van der Waals surface area contributed by atoms with Crippen molar-refractivity contribution < 1.29 is 9.90 Å². The Morgan fingerprint density at radius 1 is 1.70 bits per heavy atom. The molecule has 0 aliphatic rings. The second kappa shape index (κ2) is 2.77. The lowest BCUT2D eigenvalue weighted by molar-refractivity contribution is -0.242. The Balaban J connectivity index is 2.67. The van der Waals surface area contributed by atoms with Gasteiger partial charge in [-0.1, -0.05) is 0 Å². The minimum absolute atomic E-state index is 0.169. The van der Waals surface area contributed by atoms with Gasteiger partial charge in [-0.15, -0.1) is 5.10 Å².